The van der Waals surface area contributed by atoms with Gasteiger partial charge in [0.2, 0.25) is 0 Å². The van der Waals surface area contributed by atoms with E-state index in [2.05, 4.69) is 21.2 Å². The Balaban J connectivity index is 1.88. The van der Waals surface area contributed by atoms with E-state index in [1.165, 1.54) is 0 Å². The van der Waals surface area contributed by atoms with Gasteiger partial charge in [0.15, 0.2) is 5.60 Å². The van der Waals surface area contributed by atoms with Crippen molar-refractivity contribution in [2.45, 2.75) is 23.8 Å². The second kappa shape index (κ2) is 6.61. The van der Waals surface area contributed by atoms with Crippen LogP contribution >= 0.6 is 27.7 Å². The number of hydrogen-bond donors (Lipinski definition) is 1. The first kappa shape index (κ1) is 17.0. The zero-order chi connectivity index (χ0) is 17.3. The first-order valence-corrected chi connectivity index (χ1v) is 9.41. The third kappa shape index (κ3) is 3.21. The lowest BCUT2D eigenvalue weighted by Crippen LogP contribution is -2.49. The Morgan fingerprint density at radius 3 is 2.79 bits per heavy atom. The van der Waals surface area contributed by atoms with E-state index in [4.69, 9.17) is 4.74 Å². The topological polar surface area (TPSA) is 55.4 Å². The molecule has 0 radical (unpaired) electrons. The van der Waals surface area contributed by atoms with Crippen molar-refractivity contribution in [1.29, 1.82) is 0 Å². The molecule has 24 heavy (non-hydrogen) atoms. The van der Waals surface area contributed by atoms with E-state index in [0.717, 1.165) is 14.9 Å². The van der Waals surface area contributed by atoms with Crippen molar-refractivity contribution in [2.24, 2.45) is 0 Å². The molecular weight excluding hydrogens is 390 g/mol. The van der Waals surface area contributed by atoms with Crippen molar-refractivity contribution in [3.05, 3.63) is 58.1 Å². The molecule has 3 rings (SSSR count). The van der Waals surface area contributed by atoms with Gasteiger partial charge in [-0.1, -0.05) is 28.1 Å². The Morgan fingerprint density at radius 1 is 1.29 bits per heavy atom. The zero-order valence-electron chi connectivity index (χ0n) is 13.3. The maximum atomic E-state index is 12.8. The number of hydrogen-bond acceptors (Lipinski definition) is 4. The molecule has 2 aromatic rings. The minimum absolute atomic E-state index is 0.331. The van der Waals surface area contributed by atoms with Gasteiger partial charge in [0.25, 0.3) is 5.91 Å². The second-order valence-corrected chi connectivity index (χ2v) is 7.52. The highest BCUT2D eigenvalue weighted by Crippen LogP contribution is 2.32. The van der Waals surface area contributed by atoms with Crippen molar-refractivity contribution < 1.29 is 14.3 Å². The summed E-state index contributed by atoms with van der Waals surface area (Å²) in [5, 5.41) is 2.89. The van der Waals surface area contributed by atoms with Crippen LogP contribution in [0, 0.1) is 0 Å². The van der Waals surface area contributed by atoms with Crippen LogP contribution in [0.1, 0.15) is 22.8 Å². The number of carbonyl (C=O) groups is 2. The molecule has 1 amide bonds. The molecule has 1 aliphatic heterocycles. The van der Waals surface area contributed by atoms with E-state index in [1.807, 2.05) is 36.6 Å². The summed E-state index contributed by atoms with van der Waals surface area (Å²) >= 11 is 4.95. The maximum Gasteiger partial charge on any atom is 0.339 e. The number of thioether (sulfide) groups is 1. The van der Waals surface area contributed by atoms with Crippen LogP contribution in [-0.2, 0) is 16.0 Å². The number of halogens is 1. The molecular formula is C18H16BrNO3S. The smallest absolute Gasteiger partial charge is 0.339 e. The van der Waals surface area contributed by atoms with Crippen LogP contribution in [-0.4, -0.2) is 23.7 Å². The van der Waals surface area contributed by atoms with Crippen LogP contribution in [0.2, 0.25) is 0 Å². The average Bonchev–Trinajstić information content (AvgIpc) is 2.54. The number of amides is 1. The summed E-state index contributed by atoms with van der Waals surface area (Å²) in [6, 6.07) is 12.9. The van der Waals surface area contributed by atoms with E-state index in [1.54, 1.807) is 30.8 Å². The first-order valence-electron chi connectivity index (χ1n) is 7.39. The Bertz CT molecular complexity index is 824. The molecule has 6 heteroatoms. The molecule has 1 atom stereocenters. The average molecular weight is 406 g/mol. The molecule has 0 aliphatic carbocycles. The number of cyclic esters (lactones) is 1. The maximum absolute atomic E-state index is 12.8. The SMILES string of the molecule is CSc1ccccc1NC(=O)C1(C)Cc2cc(Br)ccc2C(=O)O1. The Kier molecular flexibility index (Phi) is 4.69. The summed E-state index contributed by atoms with van der Waals surface area (Å²) in [4.78, 5) is 26.0. The van der Waals surface area contributed by atoms with Gasteiger partial charge in [-0.15, -0.1) is 11.8 Å². The van der Waals surface area contributed by atoms with Crippen LogP contribution in [0.4, 0.5) is 5.69 Å². The number of rotatable bonds is 3. The molecule has 0 fully saturated rings. The van der Waals surface area contributed by atoms with E-state index >= 15 is 0 Å². The Labute approximate surface area is 153 Å². The van der Waals surface area contributed by atoms with Gasteiger partial charge < -0.3 is 10.1 Å². The molecule has 1 unspecified atom stereocenters. The van der Waals surface area contributed by atoms with E-state index in [0.29, 0.717) is 17.7 Å². The molecule has 124 valence electrons. The van der Waals surface area contributed by atoms with Gasteiger partial charge in [-0.25, -0.2) is 4.79 Å². The van der Waals surface area contributed by atoms with Gasteiger partial charge in [-0.2, -0.15) is 0 Å². The summed E-state index contributed by atoms with van der Waals surface area (Å²) in [7, 11) is 0. The Morgan fingerprint density at radius 2 is 2.04 bits per heavy atom. The van der Waals surface area contributed by atoms with Crippen molar-refractivity contribution >= 4 is 45.3 Å². The molecule has 4 nitrogen and oxygen atoms in total. The van der Waals surface area contributed by atoms with Gasteiger partial charge in [-0.05, 0) is 49.1 Å². The molecule has 0 saturated heterocycles. The summed E-state index contributed by atoms with van der Waals surface area (Å²) in [5.41, 5.74) is 0.785. The van der Waals surface area contributed by atoms with Gasteiger partial charge in [0, 0.05) is 15.8 Å². The lowest BCUT2D eigenvalue weighted by molar-refractivity contribution is -0.134. The van der Waals surface area contributed by atoms with Gasteiger partial charge in [0.1, 0.15) is 0 Å². The van der Waals surface area contributed by atoms with Gasteiger partial charge in [0.05, 0.1) is 11.3 Å². The monoisotopic (exact) mass is 405 g/mol. The third-order valence-electron chi connectivity index (χ3n) is 3.97. The molecule has 0 spiro atoms. The van der Waals surface area contributed by atoms with Crippen LogP contribution in [0.5, 0.6) is 0 Å². The number of para-hydroxylation sites is 1. The summed E-state index contributed by atoms with van der Waals surface area (Å²) in [6.45, 7) is 1.64. The number of anilines is 1. The molecule has 1 N–H and O–H groups in total. The lowest BCUT2D eigenvalue weighted by Gasteiger charge is -2.33. The standard InChI is InChI=1S/C18H16BrNO3S/c1-18(17(22)20-14-5-3-4-6-15(14)24-2)10-11-9-12(19)7-8-13(11)16(21)23-18/h3-9H,10H2,1-2H3,(H,20,22). The summed E-state index contributed by atoms with van der Waals surface area (Å²) < 4.78 is 6.34. The predicted molar refractivity (Wildman–Crippen MR) is 98.5 cm³/mol. The number of esters is 1. The van der Waals surface area contributed by atoms with Crippen molar-refractivity contribution in [1.82, 2.24) is 0 Å². The third-order valence-corrected chi connectivity index (χ3v) is 5.26. The predicted octanol–water partition coefficient (Wildman–Crippen LogP) is 4.28. The lowest BCUT2D eigenvalue weighted by atomic mass is 9.89. The second-order valence-electron chi connectivity index (χ2n) is 5.75. The largest absolute Gasteiger partial charge is 0.445 e. The van der Waals surface area contributed by atoms with Crippen LogP contribution in [0.15, 0.2) is 51.8 Å². The van der Waals surface area contributed by atoms with Gasteiger partial charge >= 0.3 is 5.97 Å². The first-order chi connectivity index (χ1) is 11.4. The van der Waals surface area contributed by atoms with E-state index in [-0.39, 0.29) is 5.91 Å². The zero-order valence-corrected chi connectivity index (χ0v) is 15.7. The number of nitrogens with one attached hydrogen (secondary N) is 1. The molecule has 2 aromatic carbocycles. The van der Waals surface area contributed by atoms with Crippen LogP contribution in [0.25, 0.3) is 0 Å². The van der Waals surface area contributed by atoms with Crippen LogP contribution < -0.4 is 5.32 Å². The number of benzene rings is 2. The molecule has 1 aliphatic rings. The van der Waals surface area contributed by atoms with E-state index in [9.17, 15) is 9.59 Å². The molecule has 0 bridgehead atoms. The fourth-order valence-electron chi connectivity index (χ4n) is 2.70. The number of fused-ring (bicyclic) bond motifs is 1. The summed E-state index contributed by atoms with van der Waals surface area (Å²) in [5.74, 6) is -0.803. The normalized spacial score (nSPS) is 19.4. The highest BCUT2D eigenvalue weighted by molar-refractivity contribution is 9.10. The minimum Gasteiger partial charge on any atom is -0.445 e. The van der Waals surface area contributed by atoms with E-state index < -0.39 is 11.6 Å². The van der Waals surface area contributed by atoms with Crippen LogP contribution in [0.3, 0.4) is 0 Å². The number of ether oxygens (including phenoxy) is 1. The fourth-order valence-corrected chi connectivity index (χ4v) is 3.66. The Hall–Kier alpha value is -1.79. The molecule has 1 heterocycles. The van der Waals surface area contributed by atoms with Crippen molar-refractivity contribution in [3.63, 3.8) is 0 Å². The quantitative estimate of drug-likeness (QED) is 0.611. The fraction of sp³-hybridized carbons (Fsp3) is 0.222. The summed E-state index contributed by atoms with van der Waals surface area (Å²) in [6.07, 6.45) is 2.28. The highest BCUT2D eigenvalue weighted by Gasteiger charge is 2.42. The number of carbonyl (C=O) groups excluding carboxylic acids is 2. The van der Waals surface area contributed by atoms with Crippen molar-refractivity contribution in [2.75, 3.05) is 11.6 Å². The minimum atomic E-state index is -1.24. The highest BCUT2D eigenvalue weighted by atomic mass is 79.9. The van der Waals surface area contributed by atoms with Gasteiger partial charge in [-0.3, -0.25) is 4.79 Å². The molecule has 0 aromatic heterocycles. The molecule has 0 saturated carbocycles. The van der Waals surface area contributed by atoms with Crippen molar-refractivity contribution in [3.8, 4) is 0 Å².